The Balaban J connectivity index is 1.59. The zero-order valence-corrected chi connectivity index (χ0v) is 21.6. The quantitative estimate of drug-likeness (QED) is 0.439. The topological polar surface area (TPSA) is 20.2 Å². The van der Waals surface area contributed by atoms with Gasteiger partial charge in [-0.1, -0.05) is 72.3 Å². The largest absolute Gasteiger partial charge is 0.393 e. The monoisotopic (exact) mass is 426 g/mol. The molecule has 1 nitrogen and oxygen atoms in total. The predicted octanol–water partition coefficient (Wildman–Crippen LogP) is 8.19. The van der Waals surface area contributed by atoms with Crippen LogP contribution in [0.25, 0.3) is 0 Å². The van der Waals surface area contributed by atoms with Crippen LogP contribution in [0.2, 0.25) is 0 Å². The summed E-state index contributed by atoms with van der Waals surface area (Å²) in [6.45, 7) is 21.7. The van der Waals surface area contributed by atoms with Crippen LogP contribution in [0, 0.1) is 51.8 Å². The van der Waals surface area contributed by atoms with E-state index in [0.29, 0.717) is 34.0 Å². The van der Waals surface area contributed by atoms with Crippen LogP contribution in [-0.2, 0) is 0 Å². The highest BCUT2D eigenvalue weighted by Gasteiger charge is 2.63. The molecule has 1 heteroatoms. The lowest BCUT2D eigenvalue weighted by molar-refractivity contribution is -0.0779. The Bertz CT molecular complexity index is 733. The molecule has 0 aromatic heterocycles. The van der Waals surface area contributed by atoms with Gasteiger partial charge in [0.15, 0.2) is 0 Å². The summed E-state index contributed by atoms with van der Waals surface area (Å²) >= 11 is 0. The van der Waals surface area contributed by atoms with E-state index in [2.05, 4.69) is 61.1 Å². The fourth-order valence-corrected chi connectivity index (χ4v) is 9.20. The van der Waals surface area contributed by atoms with Gasteiger partial charge in [0, 0.05) is 0 Å². The van der Waals surface area contributed by atoms with Crippen molar-refractivity contribution >= 4 is 0 Å². The second-order valence-electron chi connectivity index (χ2n) is 13.3. The van der Waals surface area contributed by atoms with Gasteiger partial charge in [0.2, 0.25) is 0 Å². The molecule has 0 aromatic rings. The second-order valence-corrected chi connectivity index (χ2v) is 13.3. The lowest BCUT2D eigenvalue weighted by Crippen LogP contribution is -2.55. The Morgan fingerprint density at radius 2 is 1.77 bits per heavy atom. The molecule has 4 aliphatic carbocycles. The smallest absolute Gasteiger partial charge is 0.0569 e. The van der Waals surface area contributed by atoms with E-state index < -0.39 is 0 Å². The summed E-state index contributed by atoms with van der Waals surface area (Å²) < 4.78 is 0. The zero-order chi connectivity index (χ0) is 22.8. The van der Waals surface area contributed by atoms with Gasteiger partial charge in [-0.05, 0) is 110 Å². The third kappa shape index (κ3) is 3.43. The average Bonchev–Trinajstić information content (AvgIpc) is 3.00. The summed E-state index contributed by atoms with van der Waals surface area (Å²) in [5, 5.41) is 10.6. The summed E-state index contributed by atoms with van der Waals surface area (Å²) in [5.74, 6) is 4.13. The van der Waals surface area contributed by atoms with Crippen LogP contribution in [0.3, 0.4) is 0 Å². The normalized spacial score (nSPS) is 47.9. The molecule has 0 radical (unpaired) electrons. The molecular weight excluding hydrogens is 376 g/mol. The third-order valence-electron chi connectivity index (χ3n) is 11.9. The minimum Gasteiger partial charge on any atom is -0.393 e. The summed E-state index contributed by atoms with van der Waals surface area (Å²) in [6, 6.07) is 0. The zero-order valence-electron chi connectivity index (χ0n) is 21.6. The van der Waals surface area contributed by atoms with Crippen molar-refractivity contribution in [3.8, 4) is 0 Å². The first-order valence-corrected chi connectivity index (χ1v) is 13.5. The fourth-order valence-electron chi connectivity index (χ4n) is 9.20. The van der Waals surface area contributed by atoms with Crippen LogP contribution in [0.5, 0.6) is 0 Å². The van der Waals surface area contributed by atoms with Crippen molar-refractivity contribution in [1.82, 2.24) is 0 Å². The molecule has 0 aromatic carbocycles. The molecular formula is C30H50O. The van der Waals surface area contributed by atoms with E-state index in [0.717, 1.165) is 24.2 Å². The molecule has 3 fully saturated rings. The van der Waals surface area contributed by atoms with Gasteiger partial charge in [0.25, 0.3) is 0 Å². The highest BCUT2D eigenvalue weighted by Crippen LogP contribution is 2.72. The molecule has 0 spiro atoms. The molecule has 9 atom stereocenters. The van der Waals surface area contributed by atoms with Gasteiger partial charge in [-0.3, -0.25) is 0 Å². The van der Waals surface area contributed by atoms with Crippen molar-refractivity contribution in [1.29, 1.82) is 0 Å². The Kier molecular flexibility index (Phi) is 6.11. The minimum absolute atomic E-state index is 0.0861. The van der Waals surface area contributed by atoms with Crippen molar-refractivity contribution in [2.45, 2.75) is 112 Å². The highest BCUT2D eigenvalue weighted by molar-refractivity contribution is 5.32. The van der Waals surface area contributed by atoms with Crippen LogP contribution in [0.15, 0.2) is 23.8 Å². The molecule has 3 saturated carbocycles. The van der Waals surface area contributed by atoms with E-state index in [1.807, 2.05) is 5.57 Å². The minimum atomic E-state index is -0.0861. The number of hydrogen-bond donors (Lipinski definition) is 1. The third-order valence-corrected chi connectivity index (χ3v) is 11.9. The van der Waals surface area contributed by atoms with Gasteiger partial charge in [0.1, 0.15) is 0 Å². The van der Waals surface area contributed by atoms with Crippen LogP contribution < -0.4 is 0 Å². The molecule has 0 unspecified atom stereocenters. The first-order chi connectivity index (χ1) is 14.5. The molecule has 0 heterocycles. The van der Waals surface area contributed by atoms with Crippen molar-refractivity contribution in [2.24, 2.45) is 51.8 Å². The van der Waals surface area contributed by atoms with E-state index >= 15 is 0 Å². The molecule has 0 saturated heterocycles. The fraction of sp³-hybridized carbons (Fsp3) is 0.867. The number of hydrogen-bond acceptors (Lipinski definition) is 1. The van der Waals surface area contributed by atoms with Gasteiger partial charge in [-0.25, -0.2) is 0 Å². The maximum Gasteiger partial charge on any atom is 0.0569 e. The lowest BCUT2D eigenvalue weighted by atomic mass is 9.43. The van der Waals surface area contributed by atoms with E-state index in [1.165, 1.54) is 56.9 Å². The highest BCUT2D eigenvalue weighted by atomic mass is 16.3. The SMILES string of the molecule is C=C(CC[C@@H](C)[C@H]1CC[C@@]2(C)[C@@H]3CC[C@H]4[C@H](C)[C@@H](O)CC[C@]4(C)C3=CC[C@]12C)C(C)C. The summed E-state index contributed by atoms with van der Waals surface area (Å²) in [6.07, 6.45) is 14.1. The summed E-state index contributed by atoms with van der Waals surface area (Å²) in [5.41, 5.74) is 4.44. The van der Waals surface area contributed by atoms with Gasteiger partial charge in [0.05, 0.1) is 6.10 Å². The Morgan fingerprint density at radius 1 is 1.06 bits per heavy atom. The van der Waals surface area contributed by atoms with Crippen molar-refractivity contribution in [3.63, 3.8) is 0 Å². The Morgan fingerprint density at radius 3 is 2.45 bits per heavy atom. The number of allylic oxidation sites excluding steroid dienone is 3. The van der Waals surface area contributed by atoms with Crippen LogP contribution in [0.1, 0.15) is 106 Å². The van der Waals surface area contributed by atoms with E-state index in [-0.39, 0.29) is 6.10 Å². The number of aliphatic hydroxyl groups excluding tert-OH is 1. The molecule has 4 rings (SSSR count). The molecule has 0 amide bonds. The van der Waals surface area contributed by atoms with Crippen molar-refractivity contribution < 1.29 is 5.11 Å². The molecule has 31 heavy (non-hydrogen) atoms. The first-order valence-electron chi connectivity index (χ1n) is 13.5. The lowest BCUT2D eigenvalue weighted by Gasteiger charge is -2.62. The van der Waals surface area contributed by atoms with Crippen LogP contribution in [0.4, 0.5) is 0 Å². The van der Waals surface area contributed by atoms with Gasteiger partial charge in [-0.15, -0.1) is 0 Å². The molecule has 176 valence electrons. The van der Waals surface area contributed by atoms with Gasteiger partial charge < -0.3 is 5.11 Å². The van der Waals surface area contributed by atoms with E-state index in [9.17, 15) is 5.11 Å². The summed E-state index contributed by atoms with van der Waals surface area (Å²) in [7, 11) is 0. The Labute approximate surface area is 193 Å². The molecule has 1 N–H and O–H groups in total. The van der Waals surface area contributed by atoms with Crippen LogP contribution in [-0.4, -0.2) is 11.2 Å². The standard InChI is InChI=1S/C30H50O/c1-19(2)20(3)9-10-21(4)23-13-17-30(8)26-12-11-24-22(5)27(31)15-16-28(24,6)25(26)14-18-29(23,30)7/h14,19,21-24,26-27,31H,3,9-13,15-18H2,1-2,4-8H3/t21-,22+,23-,24+,26-,27+,28+,29-,30+/m1/s1. The molecule has 4 aliphatic rings. The maximum atomic E-state index is 10.6. The number of rotatable bonds is 5. The first kappa shape index (κ1) is 23.6. The molecule has 0 bridgehead atoms. The van der Waals surface area contributed by atoms with E-state index in [4.69, 9.17) is 0 Å². The van der Waals surface area contributed by atoms with Gasteiger partial charge >= 0.3 is 0 Å². The summed E-state index contributed by atoms with van der Waals surface area (Å²) in [4.78, 5) is 0. The maximum absolute atomic E-state index is 10.6. The van der Waals surface area contributed by atoms with Crippen molar-refractivity contribution in [3.05, 3.63) is 23.8 Å². The Hall–Kier alpha value is -0.560. The number of fused-ring (bicyclic) bond motifs is 5. The van der Waals surface area contributed by atoms with Crippen LogP contribution >= 0.6 is 0 Å². The van der Waals surface area contributed by atoms with E-state index in [1.54, 1.807) is 0 Å². The van der Waals surface area contributed by atoms with Gasteiger partial charge in [-0.2, -0.15) is 0 Å². The number of aliphatic hydroxyl groups is 1. The average molecular weight is 427 g/mol. The predicted molar refractivity (Wildman–Crippen MR) is 133 cm³/mol. The van der Waals surface area contributed by atoms with Crippen molar-refractivity contribution in [2.75, 3.05) is 0 Å². The second kappa shape index (κ2) is 8.03. The molecule has 0 aliphatic heterocycles.